The van der Waals surface area contributed by atoms with Crippen molar-refractivity contribution in [1.82, 2.24) is 5.32 Å². The minimum absolute atomic E-state index is 0.451. The molecule has 3 heteroatoms. The summed E-state index contributed by atoms with van der Waals surface area (Å²) in [6.07, 6.45) is -0.451. The molecule has 0 bridgehead atoms. The quantitative estimate of drug-likeness (QED) is 0.833. The first-order valence-electron chi connectivity index (χ1n) is 7.52. The second-order valence-electron chi connectivity index (χ2n) is 5.92. The van der Waals surface area contributed by atoms with Gasteiger partial charge in [0.1, 0.15) is 0 Å². The van der Waals surface area contributed by atoms with E-state index in [1.807, 2.05) is 23.5 Å². The fourth-order valence-electron chi connectivity index (χ4n) is 2.29. The zero-order valence-corrected chi connectivity index (χ0v) is 14.1. The predicted octanol–water partition coefficient (Wildman–Crippen LogP) is 4.31. The van der Waals surface area contributed by atoms with Crippen LogP contribution in [-0.4, -0.2) is 11.7 Å². The van der Waals surface area contributed by atoms with E-state index in [-0.39, 0.29) is 0 Å². The Kier molecular flexibility index (Phi) is 5.57. The molecule has 1 heterocycles. The van der Waals surface area contributed by atoms with E-state index in [1.54, 1.807) is 0 Å². The maximum atomic E-state index is 10.2. The standard InChI is InChI=1S/C18H25NOS/c1-12(2)15-5-7-16(8-6-15)18(20)11-19-10-17-9-13(3)14(4)21-17/h5-9,12,18-20H,10-11H2,1-4H3. The monoisotopic (exact) mass is 303 g/mol. The summed E-state index contributed by atoms with van der Waals surface area (Å²) in [7, 11) is 0. The molecule has 1 atom stereocenters. The lowest BCUT2D eigenvalue weighted by Gasteiger charge is -2.13. The zero-order chi connectivity index (χ0) is 15.4. The molecule has 2 aromatic rings. The van der Waals surface area contributed by atoms with Crippen molar-refractivity contribution in [3.8, 4) is 0 Å². The van der Waals surface area contributed by atoms with Crippen LogP contribution in [0.1, 0.15) is 52.3 Å². The van der Waals surface area contributed by atoms with Gasteiger partial charge < -0.3 is 10.4 Å². The van der Waals surface area contributed by atoms with Crippen molar-refractivity contribution >= 4 is 11.3 Å². The summed E-state index contributed by atoms with van der Waals surface area (Å²) in [4.78, 5) is 2.70. The summed E-state index contributed by atoms with van der Waals surface area (Å²) >= 11 is 1.82. The van der Waals surface area contributed by atoms with E-state index in [2.05, 4.69) is 51.2 Å². The van der Waals surface area contributed by atoms with Crippen LogP contribution in [0.15, 0.2) is 30.3 Å². The molecule has 0 spiro atoms. The summed E-state index contributed by atoms with van der Waals surface area (Å²) in [6, 6.07) is 10.5. The van der Waals surface area contributed by atoms with Gasteiger partial charge in [-0.15, -0.1) is 11.3 Å². The smallest absolute Gasteiger partial charge is 0.0914 e. The molecule has 2 N–H and O–H groups in total. The van der Waals surface area contributed by atoms with Crippen molar-refractivity contribution in [2.45, 2.75) is 46.3 Å². The van der Waals surface area contributed by atoms with Gasteiger partial charge in [-0.25, -0.2) is 0 Å². The third kappa shape index (κ3) is 4.40. The van der Waals surface area contributed by atoms with E-state index in [1.165, 1.54) is 20.9 Å². The minimum atomic E-state index is -0.451. The van der Waals surface area contributed by atoms with Crippen LogP contribution in [0, 0.1) is 13.8 Å². The van der Waals surface area contributed by atoms with Crippen LogP contribution in [-0.2, 0) is 6.54 Å². The van der Waals surface area contributed by atoms with Crippen molar-refractivity contribution in [3.63, 3.8) is 0 Å². The molecule has 0 amide bonds. The highest BCUT2D eigenvalue weighted by Gasteiger charge is 2.08. The molecule has 0 radical (unpaired) electrons. The van der Waals surface area contributed by atoms with E-state index in [9.17, 15) is 5.11 Å². The van der Waals surface area contributed by atoms with Gasteiger partial charge >= 0.3 is 0 Å². The third-order valence-corrected chi connectivity index (χ3v) is 4.99. The molecular weight excluding hydrogens is 278 g/mol. The predicted molar refractivity (Wildman–Crippen MR) is 91.0 cm³/mol. The van der Waals surface area contributed by atoms with Crippen LogP contribution in [0.3, 0.4) is 0 Å². The van der Waals surface area contributed by atoms with Crippen molar-refractivity contribution < 1.29 is 5.11 Å². The number of nitrogens with one attached hydrogen (secondary N) is 1. The number of benzene rings is 1. The Morgan fingerprint density at radius 2 is 1.71 bits per heavy atom. The van der Waals surface area contributed by atoms with Gasteiger partial charge in [-0.2, -0.15) is 0 Å². The highest BCUT2D eigenvalue weighted by molar-refractivity contribution is 7.12. The molecule has 0 fully saturated rings. The van der Waals surface area contributed by atoms with E-state index in [0.717, 1.165) is 12.1 Å². The van der Waals surface area contributed by atoms with Crippen LogP contribution in [0.25, 0.3) is 0 Å². The first-order chi connectivity index (χ1) is 9.97. The molecule has 0 saturated heterocycles. The van der Waals surface area contributed by atoms with Crippen molar-refractivity contribution in [2.24, 2.45) is 0 Å². The summed E-state index contributed by atoms with van der Waals surface area (Å²) < 4.78 is 0. The third-order valence-electron chi connectivity index (χ3n) is 3.84. The van der Waals surface area contributed by atoms with Crippen molar-refractivity contribution in [2.75, 3.05) is 6.54 Å². The minimum Gasteiger partial charge on any atom is -0.387 e. The number of hydrogen-bond acceptors (Lipinski definition) is 3. The summed E-state index contributed by atoms with van der Waals surface area (Å²) in [5.74, 6) is 0.527. The highest BCUT2D eigenvalue weighted by atomic mass is 32.1. The molecule has 0 aliphatic rings. The van der Waals surface area contributed by atoms with Gasteiger partial charge in [0.25, 0.3) is 0 Å². The molecule has 0 saturated carbocycles. The van der Waals surface area contributed by atoms with Gasteiger partial charge in [-0.05, 0) is 42.5 Å². The topological polar surface area (TPSA) is 32.3 Å². The average Bonchev–Trinajstić information content (AvgIpc) is 2.77. The van der Waals surface area contributed by atoms with E-state index < -0.39 is 6.10 Å². The van der Waals surface area contributed by atoms with Crippen LogP contribution < -0.4 is 5.32 Å². The maximum absolute atomic E-state index is 10.2. The van der Waals surface area contributed by atoms with Gasteiger partial charge in [-0.1, -0.05) is 38.1 Å². The second kappa shape index (κ2) is 7.21. The molecule has 1 unspecified atom stereocenters. The molecular formula is C18H25NOS. The Morgan fingerprint density at radius 1 is 1.10 bits per heavy atom. The lowest BCUT2D eigenvalue weighted by Crippen LogP contribution is -2.20. The molecule has 21 heavy (non-hydrogen) atoms. The first kappa shape index (κ1) is 16.2. The van der Waals surface area contributed by atoms with Crippen LogP contribution in [0.2, 0.25) is 0 Å². The van der Waals surface area contributed by atoms with Gasteiger partial charge in [0.15, 0.2) is 0 Å². The fraction of sp³-hybridized carbons (Fsp3) is 0.444. The van der Waals surface area contributed by atoms with Gasteiger partial charge in [0.05, 0.1) is 6.10 Å². The number of aliphatic hydroxyl groups is 1. The number of hydrogen-bond donors (Lipinski definition) is 2. The number of aliphatic hydroxyl groups excluding tert-OH is 1. The van der Waals surface area contributed by atoms with Gasteiger partial charge in [0.2, 0.25) is 0 Å². The average molecular weight is 303 g/mol. The lowest BCUT2D eigenvalue weighted by molar-refractivity contribution is 0.174. The Labute approximate surface area is 131 Å². The van der Waals surface area contributed by atoms with E-state index in [4.69, 9.17) is 0 Å². The molecule has 114 valence electrons. The molecule has 2 nitrogen and oxygen atoms in total. The first-order valence-corrected chi connectivity index (χ1v) is 8.33. The van der Waals surface area contributed by atoms with Crippen LogP contribution >= 0.6 is 11.3 Å². The largest absolute Gasteiger partial charge is 0.387 e. The van der Waals surface area contributed by atoms with Crippen LogP contribution in [0.4, 0.5) is 0 Å². The summed E-state index contributed by atoms with van der Waals surface area (Å²) in [5, 5.41) is 13.6. The SMILES string of the molecule is Cc1cc(CNCC(O)c2ccc(C(C)C)cc2)sc1C. The zero-order valence-electron chi connectivity index (χ0n) is 13.3. The van der Waals surface area contributed by atoms with Gasteiger partial charge in [-0.3, -0.25) is 0 Å². The van der Waals surface area contributed by atoms with Crippen molar-refractivity contribution in [3.05, 3.63) is 56.8 Å². The van der Waals surface area contributed by atoms with Crippen molar-refractivity contribution in [1.29, 1.82) is 0 Å². The Morgan fingerprint density at radius 3 is 2.24 bits per heavy atom. The Balaban J connectivity index is 1.85. The Bertz CT molecular complexity index is 552. The number of rotatable bonds is 6. The van der Waals surface area contributed by atoms with E-state index in [0.29, 0.717) is 12.5 Å². The molecule has 0 aliphatic carbocycles. The second-order valence-corrected chi connectivity index (χ2v) is 7.26. The van der Waals surface area contributed by atoms with Gasteiger partial charge in [0, 0.05) is 22.8 Å². The number of aryl methyl sites for hydroxylation is 2. The number of thiophene rings is 1. The normalized spacial score (nSPS) is 12.9. The highest BCUT2D eigenvalue weighted by Crippen LogP contribution is 2.21. The van der Waals surface area contributed by atoms with Crippen LogP contribution in [0.5, 0.6) is 0 Å². The molecule has 1 aromatic heterocycles. The Hall–Kier alpha value is -1.16. The van der Waals surface area contributed by atoms with E-state index >= 15 is 0 Å². The lowest BCUT2D eigenvalue weighted by atomic mass is 10.00. The summed E-state index contributed by atoms with van der Waals surface area (Å²) in [5.41, 5.74) is 3.63. The molecule has 1 aromatic carbocycles. The fourth-order valence-corrected chi connectivity index (χ4v) is 3.31. The maximum Gasteiger partial charge on any atom is 0.0914 e. The molecule has 0 aliphatic heterocycles. The molecule has 2 rings (SSSR count). The summed E-state index contributed by atoms with van der Waals surface area (Å²) in [6.45, 7) is 10.0.